The molecule has 88 valence electrons. The maximum atomic E-state index is 11.4. The van der Waals surface area contributed by atoms with E-state index in [4.69, 9.17) is 9.47 Å². The Morgan fingerprint density at radius 3 is 2.80 bits per heavy atom. The van der Waals surface area contributed by atoms with Gasteiger partial charge >= 0.3 is 6.09 Å². The molecular formula is C10H20N2O3. The van der Waals surface area contributed by atoms with Gasteiger partial charge in [-0.05, 0) is 32.9 Å². The molecule has 15 heavy (non-hydrogen) atoms. The van der Waals surface area contributed by atoms with Crippen LogP contribution < -0.4 is 10.6 Å². The largest absolute Gasteiger partial charge is 0.446 e. The Balaban J connectivity index is 2.16. The Morgan fingerprint density at radius 2 is 2.20 bits per heavy atom. The lowest BCUT2D eigenvalue weighted by molar-refractivity contribution is 0.0729. The summed E-state index contributed by atoms with van der Waals surface area (Å²) in [6.07, 6.45) is 1.51. The van der Waals surface area contributed by atoms with Gasteiger partial charge in [-0.15, -0.1) is 0 Å². The summed E-state index contributed by atoms with van der Waals surface area (Å²) in [6.45, 7) is 4.23. The van der Waals surface area contributed by atoms with Crippen molar-refractivity contribution < 1.29 is 14.3 Å². The first-order valence-electron chi connectivity index (χ1n) is 5.39. The SMILES string of the molecule is COC[C@H](C)NC(=O)OC1CCNCC1. The van der Waals surface area contributed by atoms with Crippen LogP contribution in [0.1, 0.15) is 19.8 Å². The van der Waals surface area contributed by atoms with E-state index in [-0.39, 0.29) is 18.2 Å². The lowest BCUT2D eigenvalue weighted by atomic mass is 10.1. The van der Waals surface area contributed by atoms with Gasteiger partial charge in [0.2, 0.25) is 0 Å². The van der Waals surface area contributed by atoms with Gasteiger partial charge in [0, 0.05) is 7.11 Å². The van der Waals surface area contributed by atoms with Crippen LogP contribution in [-0.4, -0.2) is 45.0 Å². The topological polar surface area (TPSA) is 59.6 Å². The van der Waals surface area contributed by atoms with Crippen LogP contribution in [0, 0.1) is 0 Å². The normalized spacial score (nSPS) is 19.6. The smallest absolute Gasteiger partial charge is 0.407 e. The molecule has 1 aliphatic rings. The highest BCUT2D eigenvalue weighted by Gasteiger charge is 2.18. The van der Waals surface area contributed by atoms with Crippen LogP contribution in [0.5, 0.6) is 0 Å². The van der Waals surface area contributed by atoms with Gasteiger partial charge < -0.3 is 20.1 Å². The summed E-state index contributed by atoms with van der Waals surface area (Å²) in [4.78, 5) is 11.4. The standard InChI is InChI=1S/C10H20N2O3/c1-8(7-14-2)12-10(13)15-9-3-5-11-6-4-9/h8-9,11H,3-7H2,1-2H3,(H,12,13)/t8-/m0/s1. The highest BCUT2D eigenvalue weighted by atomic mass is 16.6. The number of alkyl carbamates (subject to hydrolysis) is 1. The van der Waals surface area contributed by atoms with Gasteiger partial charge in [-0.1, -0.05) is 0 Å². The number of carbonyl (C=O) groups is 1. The summed E-state index contributed by atoms with van der Waals surface area (Å²) in [6, 6.07) is -0.00999. The van der Waals surface area contributed by atoms with E-state index in [1.807, 2.05) is 6.92 Å². The molecule has 1 rings (SSSR count). The molecule has 0 radical (unpaired) electrons. The van der Waals surface area contributed by atoms with Crippen molar-refractivity contribution in [2.24, 2.45) is 0 Å². The van der Waals surface area contributed by atoms with Gasteiger partial charge in [0.1, 0.15) is 6.10 Å². The Morgan fingerprint density at radius 1 is 1.53 bits per heavy atom. The van der Waals surface area contributed by atoms with Gasteiger partial charge in [0.05, 0.1) is 12.6 Å². The van der Waals surface area contributed by atoms with Crippen molar-refractivity contribution in [1.29, 1.82) is 0 Å². The van der Waals surface area contributed by atoms with Crippen LogP contribution in [0.2, 0.25) is 0 Å². The molecule has 2 N–H and O–H groups in total. The number of hydrogen-bond acceptors (Lipinski definition) is 4. The summed E-state index contributed by atoms with van der Waals surface area (Å²) in [5.41, 5.74) is 0. The fourth-order valence-electron chi connectivity index (χ4n) is 1.59. The molecule has 1 fully saturated rings. The molecule has 0 unspecified atom stereocenters. The first-order valence-corrected chi connectivity index (χ1v) is 5.39. The van der Waals surface area contributed by atoms with Crippen molar-refractivity contribution >= 4 is 6.09 Å². The van der Waals surface area contributed by atoms with Crippen LogP contribution in [0.4, 0.5) is 4.79 Å². The second-order valence-corrected chi connectivity index (χ2v) is 3.86. The molecule has 0 bridgehead atoms. The Kier molecular flexibility index (Phi) is 5.42. The maximum Gasteiger partial charge on any atom is 0.407 e. The number of nitrogens with one attached hydrogen (secondary N) is 2. The minimum atomic E-state index is -0.341. The van der Waals surface area contributed by atoms with E-state index in [2.05, 4.69) is 10.6 Å². The molecular weight excluding hydrogens is 196 g/mol. The molecule has 1 aliphatic heterocycles. The Hall–Kier alpha value is -0.810. The molecule has 0 aromatic heterocycles. The molecule has 0 saturated carbocycles. The number of carbonyl (C=O) groups excluding carboxylic acids is 1. The summed E-state index contributed by atoms with van der Waals surface area (Å²) in [7, 11) is 1.61. The van der Waals surface area contributed by atoms with Crippen molar-refractivity contribution in [2.75, 3.05) is 26.8 Å². The molecule has 1 atom stereocenters. The zero-order valence-electron chi connectivity index (χ0n) is 9.41. The van der Waals surface area contributed by atoms with E-state index in [1.54, 1.807) is 7.11 Å². The van der Waals surface area contributed by atoms with Crippen molar-refractivity contribution in [3.63, 3.8) is 0 Å². The highest BCUT2D eigenvalue weighted by molar-refractivity contribution is 5.67. The number of ether oxygens (including phenoxy) is 2. The third kappa shape index (κ3) is 4.99. The summed E-state index contributed by atoms with van der Waals surface area (Å²) >= 11 is 0. The molecule has 1 saturated heterocycles. The highest BCUT2D eigenvalue weighted by Crippen LogP contribution is 2.07. The molecule has 0 aliphatic carbocycles. The molecule has 5 nitrogen and oxygen atoms in total. The number of rotatable bonds is 4. The van der Waals surface area contributed by atoms with Crippen molar-refractivity contribution in [2.45, 2.75) is 31.9 Å². The van der Waals surface area contributed by atoms with E-state index in [0.29, 0.717) is 6.61 Å². The number of hydrogen-bond donors (Lipinski definition) is 2. The fraction of sp³-hybridized carbons (Fsp3) is 0.900. The predicted octanol–water partition coefficient (Wildman–Crippen LogP) is 0.500. The van der Waals surface area contributed by atoms with E-state index in [0.717, 1.165) is 25.9 Å². The van der Waals surface area contributed by atoms with Gasteiger partial charge in [0.15, 0.2) is 0 Å². The average Bonchev–Trinajstić information content (AvgIpc) is 2.19. The number of piperidine rings is 1. The summed E-state index contributed by atoms with van der Waals surface area (Å²) in [5, 5.41) is 5.94. The molecule has 0 aromatic carbocycles. The van der Waals surface area contributed by atoms with Crippen LogP contribution >= 0.6 is 0 Å². The number of methoxy groups -OCH3 is 1. The minimum Gasteiger partial charge on any atom is -0.446 e. The molecule has 0 aromatic rings. The molecule has 1 heterocycles. The minimum absolute atomic E-state index is 0.00999. The van der Waals surface area contributed by atoms with E-state index < -0.39 is 0 Å². The van der Waals surface area contributed by atoms with Gasteiger partial charge in [0.25, 0.3) is 0 Å². The zero-order valence-corrected chi connectivity index (χ0v) is 9.41. The second kappa shape index (κ2) is 6.63. The van der Waals surface area contributed by atoms with E-state index in [9.17, 15) is 4.79 Å². The summed E-state index contributed by atoms with van der Waals surface area (Å²) in [5.74, 6) is 0. The van der Waals surface area contributed by atoms with E-state index in [1.165, 1.54) is 0 Å². The third-order valence-electron chi connectivity index (χ3n) is 2.34. The van der Waals surface area contributed by atoms with Gasteiger partial charge in [-0.25, -0.2) is 4.79 Å². The first kappa shape index (κ1) is 12.3. The van der Waals surface area contributed by atoms with Crippen LogP contribution in [0.15, 0.2) is 0 Å². The monoisotopic (exact) mass is 216 g/mol. The van der Waals surface area contributed by atoms with Gasteiger partial charge in [-0.2, -0.15) is 0 Å². The lowest BCUT2D eigenvalue weighted by Crippen LogP contribution is -2.40. The van der Waals surface area contributed by atoms with Crippen molar-refractivity contribution in [1.82, 2.24) is 10.6 Å². The van der Waals surface area contributed by atoms with Crippen molar-refractivity contribution in [3.05, 3.63) is 0 Å². The zero-order chi connectivity index (χ0) is 11.1. The Labute approximate surface area is 90.5 Å². The third-order valence-corrected chi connectivity index (χ3v) is 2.34. The quantitative estimate of drug-likeness (QED) is 0.718. The molecule has 1 amide bonds. The predicted molar refractivity (Wildman–Crippen MR) is 56.8 cm³/mol. The molecule has 0 spiro atoms. The molecule has 5 heteroatoms. The second-order valence-electron chi connectivity index (χ2n) is 3.86. The maximum absolute atomic E-state index is 11.4. The van der Waals surface area contributed by atoms with Crippen molar-refractivity contribution in [3.8, 4) is 0 Å². The lowest BCUT2D eigenvalue weighted by Gasteiger charge is -2.23. The first-order chi connectivity index (χ1) is 7.22. The number of amides is 1. The van der Waals surface area contributed by atoms with E-state index >= 15 is 0 Å². The summed E-state index contributed by atoms with van der Waals surface area (Å²) < 4.78 is 10.2. The van der Waals surface area contributed by atoms with Gasteiger partial charge in [-0.3, -0.25) is 0 Å². The fourth-order valence-corrected chi connectivity index (χ4v) is 1.59. The van der Waals surface area contributed by atoms with Crippen LogP contribution in [0.3, 0.4) is 0 Å². The van der Waals surface area contributed by atoms with Crippen LogP contribution in [0.25, 0.3) is 0 Å². The average molecular weight is 216 g/mol. The Bertz CT molecular complexity index is 193. The van der Waals surface area contributed by atoms with Crippen LogP contribution in [-0.2, 0) is 9.47 Å².